The number of carbonyl (C=O) groups is 5. The summed E-state index contributed by atoms with van der Waals surface area (Å²) in [6.07, 6.45) is 2.12. The Balaban J connectivity index is 0.987. The highest BCUT2D eigenvalue weighted by molar-refractivity contribution is 6.23. The van der Waals surface area contributed by atoms with Crippen LogP contribution in [-0.2, 0) is 14.3 Å². The predicted octanol–water partition coefficient (Wildman–Crippen LogP) is 1.86. The van der Waals surface area contributed by atoms with Crippen molar-refractivity contribution in [3.05, 3.63) is 29.3 Å². The molecule has 5 aliphatic heterocycles. The number of hydrogen-bond acceptors (Lipinski definition) is 8. The summed E-state index contributed by atoms with van der Waals surface area (Å²) in [5.41, 5.74) is 1.29. The zero-order valence-corrected chi connectivity index (χ0v) is 23.4. The minimum absolute atomic E-state index is 0.104. The van der Waals surface area contributed by atoms with Gasteiger partial charge in [-0.15, -0.1) is 0 Å². The van der Waals surface area contributed by atoms with E-state index in [2.05, 4.69) is 15.1 Å². The fraction of sp³-hybridized carbons (Fsp3) is 0.621. The van der Waals surface area contributed by atoms with Gasteiger partial charge in [0.05, 0.1) is 11.1 Å². The lowest BCUT2D eigenvalue weighted by Gasteiger charge is -2.60. The van der Waals surface area contributed by atoms with E-state index in [1.54, 1.807) is 17.0 Å². The van der Waals surface area contributed by atoms with Crippen molar-refractivity contribution in [2.75, 3.05) is 50.7 Å². The van der Waals surface area contributed by atoms with Gasteiger partial charge < -0.3 is 19.4 Å². The van der Waals surface area contributed by atoms with Gasteiger partial charge in [-0.3, -0.25) is 29.4 Å². The summed E-state index contributed by atoms with van der Waals surface area (Å²) in [4.78, 5) is 69.8. The molecule has 1 unspecified atom stereocenters. The van der Waals surface area contributed by atoms with Crippen molar-refractivity contribution in [3.8, 4) is 0 Å². The fourth-order valence-electron chi connectivity index (χ4n) is 6.85. The summed E-state index contributed by atoms with van der Waals surface area (Å²) in [5.74, 6) is -1.34. The number of ether oxygens (including phenoxy) is 1. The van der Waals surface area contributed by atoms with Crippen molar-refractivity contribution in [1.82, 2.24) is 20.0 Å². The minimum Gasteiger partial charge on any atom is -0.444 e. The number of likely N-dealkylation sites (tertiary alicyclic amines) is 2. The number of benzene rings is 1. The Hall–Kier alpha value is -3.47. The van der Waals surface area contributed by atoms with Gasteiger partial charge in [0.1, 0.15) is 11.6 Å². The first-order valence-corrected chi connectivity index (χ1v) is 14.2. The summed E-state index contributed by atoms with van der Waals surface area (Å²) < 4.78 is 5.48. The Bertz CT molecular complexity index is 1270. The topological polar surface area (TPSA) is 120 Å². The SMILES string of the molecule is CC(C)(C)OC(=O)N1CC2(CN(CC3CCN(c4ccc5c(c4)C(=O)N(C4CCC(=O)NC4=O)C5=O)CC3)C2)C1. The zero-order valence-electron chi connectivity index (χ0n) is 23.4. The Kier molecular flexibility index (Phi) is 6.40. The molecule has 0 bridgehead atoms. The second kappa shape index (κ2) is 9.57. The number of fused-ring (bicyclic) bond motifs is 1. The molecule has 1 aromatic rings. The third kappa shape index (κ3) is 4.84. The van der Waals surface area contributed by atoms with Crippen LogP contribution in [0.5, 0.6) is 0 Å². The molecule has 1 N–H and O–H groups in total. The molecule has 5 aliphatic rings. The number of nitrogens with zero attached hydrogens (tertiary/aromatic N) is 4. The second-order valence-corrected chi connectivity index (χ2v) is 13.1. The highest BCUT2D eigenvalue weighted by Crippen LogP contribution is 2.41. The molecule has 4 saturated heterocycles. The van der Waals surface area contributed by atoms with Gasteiger partial charge in [-0.2, -0.15) is 0 Å². The first-order chi connectivity index (χ1) is 18.9. The van der Waals surface area contributed by atoms with E-state index in [0.717, 1.165) is 69.2 Å². The molecular weight excluding hydrogens is 514 g/mol. The standard InChI is InChI=1S/C29H37N5O6/c1-28(2,3)40-27(39)33-16-29(17-33)14-31(15-29)13-18-8-10-32(11-9-18)19-4-5-20-21(12-19)26(38)34(25(20)37)22-6-7-23(35)30-24(22)36/h4-5,12,18,22H,6-11,13-17H2,1-3H3,(H,30,35,36). The van der Waals surface area contributed by atoms with Crippen LogP contribution in [0.2, 0.25) is 0 Å². The second-order valence-electron chi connectivity index (χ2n) is 13.1. The van der Waals surface area contributed by atoms with Gasteiger partial charge in [-0.25, -0.2) is 4.79 Å². The van der Waals surface area contributed by atoms with Crippen LogP contribution in [-0.4, -0.2) is 102 Å². The van der Waals surface area contributed by atoms with Gasteiger partial charge >= 0.3 is 6.09 Å². The number of hydrogen-bond donors (Lipinski definition) is 1. The van der Waals surface area contributed by atoms with E-state index in [0.29, 0.717) is 17.0 Å². The van der Waals surface area contributed by atoms with Gasteiger partial charge in [0, 0.05) is 63.3 Å². The molecule has 40 heavy (non-hydrogen) atoms. The molecule has 5 heterocycles. The van der Waals surface area contributed by atoms with E-state index in [-0.39, 0.29) is 30.3 Å². The Morgan fingerprint density at radius 1 is 0.975 bits per heavy atom. The van der Waals surface area contributed by atoms with Crippen molar-refractivity contribution >= 4 is 35.4 Å². The lowest BCUT2D eigenvalue weighted by molar-refractivity contribution is -0.136. The maximum absolute atomic E-state index is 13.2. The van der Waals surface area contributed by atoms with Crippen LogP contribution in [0.15, 0.2) is 18.2 Å². The molecule has 11 nitrogen and oxygen atoms in total. The third-order valence-electron chi connectivity index (χ3n) is 8.74. The highest BCUT2D eigenvalue weighted by Gasteiger charge is 2.54. The minimum atomic E-state index is -0.953. The normalized spacial score (nSPS) is 25.1. The van der Waals surface area contributed by atoms with Crippen LogP contribution < -0.4 is 10.2 Å². The van der Waals surface area contributed by atoms with E-state index in [1.807, 2.05) is 26.8 Å². The van der Waals surface area contributed by atoms with Gasteiger partial charge in [0.2, 0.25) is 11.8 Å². The molecular formula is C29H37N5O6. The maximum atomic E-state index is 13.2. The number of carbonyl (C=O) groups excluding carboxylic acids is 5. The van der Waals surface area contributed by atoms with Gasteiger partial charge in [-0.05, 0) is 64.2 Å². The van der Waals surface area contributed by atoms with E-state index in [9.17, 15) is 24.0 Å². The predicted molar refractivity (Wildman–Crippen MR) is 145 cm³/mol. The summed E-state index contributed by atoms with van der Waals surface area (Å²) in [6.45, 7) is 12.1. The van der Waals surface area contributed by atoms with Crippen LogP contribution in [0.1, 0.15) is 67.2 Å². The lowest BCUT2D eigenvalue weighted by atomic mass is 9.72. The first kappa shape index (κ1) is 26.7. The average molecular weight is 552 g/mol. The maximum Gasteiger partial charge on any atom is 0.410 e. The Labute approximate surface area is 233 Å². The molecule has 6 rings (SSSR count). The van der Waals surface area contributed by atoms with Gasteiger partial charge in [-0.1, -0.05) is 0 Å². The molecule has 1 aromatic carbocycles. The van der Waals surface area contributed by atoms with E-state index in [4.69, 9.17) is 4.74 Å². The summed E-state index contributed by atoms with van der Waals surface area (Å²) >= 11 is 0. The molecule has 4 fully saturated rings. The van der Waals surface area contributed by atoms with Crippen LogP contribution in [0.4, 0.5) is 10.5 Å². The summed E-state index contributed by atoms with van der Waals surface area (Å²) in [6, 6.07) is 4.38. The summed E-state index contributed by atoms with van der Waals surface area (Å²) in [7, 11) is 0. The number of piperidine rings is 2. The molecule has 5 amide bonds. The smallest absolute Gasteiger partial charge is 0.410 e. The van der Waals surface area contributed by atoms with Crippen LogP contribution in [0.3, 0.4) is 0 Å². The van der Waals surface area contributed by atoms with Crippen molar-refractivity contribution in [3.63, 3.8) is 0 Å². The van der Waals surface area contributed by atoms with Crippen LogP contribution in [0, 0.1) is 11.3 Å². The molecule has 1 spiro atoms. The Morgan fingerprint density at radius 2 is 1.65 bits per heavy atom. The number of nitrogens with one attached hydrogen (secondary N) is 1. The van der Waals surface area contributed by atoms with Crippen molar-refractivity contribution < 1.29 is 28.7 Å². The van der Waals surface area contributed by atoms with E-state index in [1.165, 1.54) is 0 Å². The molecule has 0 aliphatic carbocycles. The van der Waals surface area contributed by atoms with Crippen LogP contribution in [0.25, 0.3) is 0 Å². The van der Waals surface area contributed by atoms with Gasteiger partial charge in [0.25, 0.3) is 11.8 Å². The molecule has 0 saturated carbocycles. The van der Waals surface area contributed by atoms with E-state index >= 15 is 0 Å². The van der Waals surface area contributed by atoms with E-state index < -0.39 is 29.4 Å². The number of imide groups is 2. The van der Waals surface area contributed by atoms with Crippen LogP contribution >= 0.6 is 0 Å². The molecule has 1 atom stereocenters. The van der Waals surface area contributed by atoms with Crippen molar-refractivity contribution in [1.29, 1.82) is 0 Å². The number of anilines is 1. The molecule has 0 radical (unpaired) electrons. The lowest BCUT2D eigenvalue weighted by Crippen LogP contribution is -2.73. The van der Waals surface area contributed by atoms with Gasteiger partial charge in [0.15, 0.2) is 0 Å². The Morgan fingerprint density at radius 3 is 2.30 bits per heavy atom. The number of amides is 5. The monoisotopic (exact) mass is 551 g/mol. The quantitative estimate of drug-likeness (QED) is 0.564. The third-order valence-corrected chi connectivity index (χ3v) is 8.74. The fourth-order valence-corrected chi connectivity index (χ4v) is 6.85. The molecule has 214 valence electrons. The van der Waals surface area contributed by atoms with Crippen molar-refractivity contribution in [2.45, 2.75) is 58.1 Å². The highest BCUT2D eigenvalue weighted by atomic mass is 16.6. The molecule has 11 heteroatoms. The zero-order chi connectivity index (χ0) is 28.4. The summed E-state index contributed by atoms with van der Waals surface area (Å²) in [5, 5.41) is 2.23. The van der Waals surface area contributed by atoms with Crippen molar-refractivity contribution in [2.24, 2.45) is 11.3 Å². The molecule has 0 aromatic heterocycles. The number of rotatable bonds is 4. The average Bonchev–Trinajstić information content (AvgIpc) is 3.08. The largest absolute Gasteiger partial charge is 0.444 e. The first-order valence-electron chi connectivity index (χ1n) is 14.2.